The van der Waals surface area contributed by atoms with Crippen molar-refractivity contribution in [3.63, 3.8) is 0 Å². The molecule has 0 heterocycles. The molecule has 0 aliphatic carbocycles. The predicted octanol–water partition coefficient (Wildman–Crippen LogP) is 2.37. The third kappa shape index (κ3) is 3.23. The summed E-state index contributed by atoms with van der Waals surface area (Å²) in [6.07, 6.45) is 2.04. The van der Waals surface area contributed by atoms with Gasteiger partial charge in [0.2, 0.25) is 5.91 Å². The summed E-state index contributed by atoms with van der Waals surface area (Å²) in [6.45, 7) is 3.75. The Kier molecular flexibility index (Phi) is 4.60. The van der Waals surface area contributed by atoms with Crippen LogP contribution in [0.1, 0.15) is 13.8 Å². The molecule has 0 aromatic heterocycles. The fourth-order valence-corrected chi connectivity index (χ4v) is 1.86. The summed E-state index contributed by atoms with van der Waals surface area (Å²) in [6, 6.07) is 7.98. The summed E-state index contributed by atoms with van der Waals surface area (Å²) >= 11 is 1.69. The van der Waals surface area contributed by atoms with Gasteiger partial charge in [-0.25, -0.2) is 0 Å². The van der Waals surface area contributed by atoms with Crippen LogP contribution in [-0.4, -0.2) is 31.8 Å². The van der Waals surface area contributed by atoms with Crippen molar-refractivity contribution < 1.29 is 4.79 Å². The zero-order valence-corrected chi connectivity index (χ0v) is 11.9. The molecule has 1 rings (SSSR count). The largest absolute Gasteiger partial charge is 0.314 e. The molecule has 0 atom stereocenters. The average Bonchev–Trinajstić information content (AvgIpc) is 2.37. The second kappa shape index (κ2) is 5.56. The predicted molar refractivity (Wildman–Crippen MR) is 74.8 cm³/mol. The topological polar surface area (TPSA) is 32.3 Å². The lowest BCUT2D eigenvalue weighted by atomic mass is 10.0. The van der Waals surface area contributed by atoms with E-state index >= 15 is 0 Å². The number of benzene rings is 1. The molecular weight excluding hydrogens is 232 g/mol. The van der Waals surface area contributed by atoms with Crippen LogP contribution < -0.4 is 10.2 Å². The molecule has 0 aliphatic heterocycles. The van der Waals surface area contributed by atoms with E-state index < -0.39 is 5.54 Å². The molecule has 4 heteroatoms. The summed E-state index contributed by atoms with van der Waals surface area (Å²) in [5.41, 5.74) is 0.364. The average molecular weight is 252 g/mol. The number of carbonyl (C=O) groups excluding carboxylic acids is 1. The van der Waals surface area contributed by atoms with Gasteiger partial charge < -0.3 is 10.2 Å². The minimum Gasteiger partial charge on any atom is -0.314 e. The minimum atomic E-state index is -0.549. The number of hydrogen-bond acceptors (Lipinski definition) is 3. The monoisotopic (exact) mass is 252 g/mol. The van der Waals surface area contributed by atoms with Gasteiger partial charge in [0.15, 0.2) is 0 Å². The molecule has 0 unspecified atom stereocenters. The fraction of sp³-hybridized carbons (Fsp3) is 0.462. The third-order valence-corrected chi connectivity index (χ3v) is 3.67. The normalized spacial score (nSPS) is 11.4. The Labute approximate surface area is 108 Å². The van der Waals surface area contributed by atoms with Crippen molar-refractivity contribution in [2.24, 2.45) is 0 Å². The lowest BCUT2D eigenvalue weighted by molar-refractivity contribution is -0.123. The molecular formula is C13H20N2OS. The highest BCUT2D eigenvalue weighted by Crippen LogP contribution is 2.21. The summed E-state index contributed by atoms with van der Waals surface area (Å²) < 4.78 is 0. The molecule has 1 aromatic carbocycles. The molecule has 94 valence electrons. The zero-order valence-electron chi connectivity index (χ0n) is 11.1. The van der Waals surface area contributed by atoms with Crippen LogP contribution in [0.5, 0.6) is 0 Å². The van der Waals surface area contributed by atoms with Gasteiger partial charge in [-0.3, -0.25) is 4.79 Å². The van der Waals surface area contributed by atoms with Gasteiger partial charge in [-0.2, -0.15) is 0 Å². The van der Waals surface area contributed by atoms with Crippen LogP contribution in [0.2, 0.25) is 0 Å². The van der Waals surface area contributed by atoms with Crippen molar-refractivity contribution in [2.75, 3.05) is 25.3 Å². The van der Waals surface area contributed by atoms with Crippen molar-refractivity contribution in [2.45, 2.75) is 24.3 Å². The number of amides is 1. The number of nitrogens with one attached hydrogen (secondary N) is 1. The maximum atomic E-state index is 12.2. The van der Waals surface area contributed by atoms with Gasteiger partial charge in [-0.05, 0) is 51.4 Å². The molecule has 0 saturated carbocycles. The van der Waals surface area contributed by atoms with Crippen LogP contribution in [0.15, 0.2) is 29.2 Å². The molecule has 1 amide bonds. The van der Waals surface area contributed by atoms with Gasteiger partial charge in [-0.15, -0.1) is 11.8 Å². The molecule has 17 heavy (non-hydrogen) atoms. The lowest BCUT2D eigenvalue weighted by Crippen LogP contribution is -2.51. The quantitative estimate of drug-likeness (QED) is 0.835. The van der Waals surface area contributed by atoms with Crippen molar-refractivity contribution >= 4 is 23.4 Å². The first-order valence-corrected chi connectivity index (χ1v) is 6.76. The number of likely N-dealkylation sites (N-methyl/N-ethyl adjacent to an activating group) is 2. The molecule has 0 radical (unpaired) electrons. The smallest absolute Gasteiger partial charge is 0.246 e. The first-order valence-electron chi connectivity index (χ1n) is 5.53. The van der Waals surface area contributed by atoms with Crippen LogP contribution in [0.4, 0.5) is 5.69 Å². The first-order chi connectivity index (χ1) is 7.92. The molecule has 3 nitrogen and oxygen atoms in total. The Bertz CT molecular complexity index is 387. The van der Waals surface area contributed by atoms with Gasteiger partial charge in [0.1, 0.15) is 0 Å². The standard InChI is InChI=1S/C13H20N2OS/c1-13(2,14-3)12(16)15(4)10-6-8-11(17-5)9-7-10/h6-9,14H,1-5H3. The van der Waals surface area contributed by atoms with Crippen LogP contribution in [0.25, 0.3) is 0 Å². The summed E-state index contributed by atoms with van der Waals surface area (Å²) in [7, 11) is 3.60. The molecule has 1 N–H and O–H groups in total. The van der Waals surface area contributed by atoms with Crippen LogP contribution in [-0.2, 0) is 4.79 Å². The second-order valence-corrected chi connectivity index (χ2v) is 5.32. The maximum Gasteiger partial charge on any atom is 0.246 e. The highest BCUT2D eigenvalue weighted by molar-refractivity contribution is 7.98. The van der Waals surface area contributed by atoms with E-state index in [4.69, 9.17) is 0 Å². The molecule has 0 spiro atoms. The van der Waals surface area contributed by atoms with Crippen LogP contribution in [0, 0.1) is 0 Å². The maximum absolute atomic E-state index is 12.2. The fourth-order valence-electron chi connectivity index (χ4n) is 1.45. The van der Waals surface area contributed by atoms with Gasteiger partial charge >= 0.3 is 0 Å². The zero-order chi connectivity index (χ0) is 13.1. The van der Waals surface area contributed by atoms with Gasteiger partial charge in [0, 0.05) is 17.6 Å². The molecule has 1 aromatic rings. The van der Waals surface area contributed by atoms with Crippen molar-refractivity contribution in [3.05, 3.63) is 24.3 Å². The van der Waals surface area contributed by atoms with Gasteiger partial charge in [0.05, 0.1) is 5.54 Å². The van der Waals surface area contributed by atoms with Crippen molar-refractivity contribution in [1.82, 2.24) is 5.32 Å². The van der Waals surface area contributed by atoms with E-state index in [1.807, 2.05) is 44.4 Å². The third-order valence-electron chi connectivity index (χ3n) is 2.92. The van der Waals surface area contributed by atoms with E-state index in [1.165, 1.54) is 4.90 Å². The Morgan fingerprint density at radius 2 is 1.82 bits per heavy atom. The van der Waals surface area contributed by atoms with Crippen molar-refractivity contribution in [1.29, 1.82) is 0 Å². The van der Waals surface area contributed by atoms with Crippen LogP contribution in [0.3, 0.4) is 0 Å². The Hall–Kier alpha value is -1.00. The molecule has 0 bridgehead atoms. The highest BCUT2D eigenvalue weighted by atomic mass is 32.2. The summed E-state index contributed by atoms with van der Waals surface area (Å²) in [5, 5.41) is 3.02. The Morgan fingerprint density at radius 1 is 1.29 bits per heavy atom. The lowest BCUT2D eigenvalue weighted by Gasteiger charge is -2.29. The Morgan fingerprint density at radius 3 is 2.24 bits per heavy atom. The number of hydrogen-bond donors (Lipinski definition) is 1. The number of carbonyl (C=O) groups is 1. The summed E-state index contributed by atoms with van der Waals surface area (Å²) in [5.74, 6) is 0.0527. The number of rotatable bonds is 4. The molecule has 0 aliphatic rings. The van der Waals surface area contributed by atoms with Crippen molar-refractivity contribution in [3.8, 4) is 0 Å². The number of anilines is 1. The minimum absolute atomic E-state index is 0.0527. The van der Waals surface area contributed by atoms with E-state index in [2.05, 4.69) is 5.32 Å². The first kappa shape index (κ1) is 14.1. The number of nitrogens with zero attached hydrogens (tertiary/aromatic N) is 1. The van der Waals surface area contributed by atoms with E-state index in [0.717, 1.165) is 5.69 Å². The second-order valence-electron chi connectivity index (χ2n) is 4.44. The van der Waals surface area contributed by atoms with E-state index in [1.54, 1.807) is 30.8 Å². The van der Waals surface area contributed by atoms with E-state index in [-0.39, 0.29) is 5.91 Å². The SMILES string of the molecule is CNC(C)(C)C(=O)N(C)c1ccc(SC)cc1. The summed E-state index contributed by atoms with van der Waals surface area (Å²) in [4.78, 5) is 15.1. The van der Waals surface area contributed by atoms with Gasteiger partial charge in [0.25, 0.3) is 0 Å². The number of thioether (sulfide) groups is 1. The molecule has 0 saturated heterocycles. The Balaban J connectivity index is 2.88. The van der Waals surface area contributed by atoms with E-state index in [9.17, 15) is 4.79 Å². The molecule has 0 fully saturated rings. The van der Waals surface area contributed by atoms with E-state index in [0.29, 0.717) is 0 Å². The van der Waals surface area contributed by atoms with Crippen LogP contribution >= 0.6 is 11.8 Å². The van der Waals surface area contributed by atoms with Gasteiger partial charge in [-0.1, -0.05) is 0 Å². The highest BCUT2D eigenvalue weighted by Gasteiger charge is 2.28.